The third kappa shape index (κ3) is 3.53. The molecule has 0 amide bonds. The molecule has 0 saturated carbocycles. The summed E-state index contributed by atoms with van der Waals surface area (Å²) in [5, 5.41) is 17.1. The van der Waals surface area contributed by atoms with Gasteiger partial charge in [0.05, 0.1) is 11.4 Å². The van der Waals surface area contributed by atoms with Crippen molar-refractivity contribution in [3.8, 4) is 0 Å². The van der Waals surface area contributed by atoms with E-state index in [-0.39, 0.29) is 6.61 Å². The van der Waals surface area contributed by atoms with Crippen LogP contribution in [0.1, 0.15) is 5.56 Å². The van der Waals surface area contributed by atoms with Crippen LogP contribution in [0.3, 0.4) is 0 Å². The predicted molar refractivity (Wildman–Crippen MR) is 76.7 cm³/mol. The zero-order valence-electron chi connectivity index (χ0n) is 10.5. The number of nitrogens with two attached hydrogens (primary N) is 2. The van der Waals surface area contributed by atoms with Crippen molar-refractivity contribution in [1.82, 2.24) is 0 Å². The normalized spacial score (nSPS) is 11.0. The molecule has 0 saturated heterocycles. The van der Waals surface area contributed by atoms with Gasteiger partial charge in [0.15, 0.2) is 0 Å². The average molecular weight is 256 g/mol. The summed E-state index contributed by atoms with van der Waals surface area (Å²) in [6, 6.07) is 12.6. The molecule has 2 aromatic rings. The molecule has 19 heavy (non-hydrogen) atoms. The van der Waals surface area contributed by atoms with E-state index in [1.54, 1.807) is 36.4 Å². The molecule has 0 heterocycles. The lowest BCUT2D eigenvalue weighted by Gasteiger charge is -2.03. The van der Waals surface area contributed by atoms with E-state index in [1.807, 2.05) is 6.07 Å². The first kappa shape index (κ1) is 13.0. The molecular weight excluding hydrogens is 240 g/mol. The Morgan fingerprint density at radius 2 is 1.68 bits per heavy atom. The fraction of sp³-hybridized carbons (Fsp3) is 0.143. The van der Waals surface area contributed by atoms with Gasteiger partial charge in [-0.2, -0.15) is 5.11 Å². The first-order valence-electron chi connectivity index (χ1n) is 5.95. The summed E-state index contributed by atoms with van der Waals surface area (Å²) in [4.78, 5) is 0. The lowest BCUT2D eigenvalue weighted by atomic mass is 10.1. The van der Waals surface area contributed by atoms with E-state index in [9.17, 15) is 0 Å². The highest BCUT2D eigenvalue weighted by Gasteiger charge is 2.00. The summed E-state index contributed by atoms with van der Waals surface area (Å²) in [5.74, 6) is 0. The van der Waals surface area contributed by atoms with E-state index < -0.39 is 0 Å². The van der Waals surface area contributed by atoms with Gasteiger partial charge < -0.3 is 16.6 Å². The fourth-order valence-electron chi connectivity index (χ4n) is 1.63. The number of azo groups is 1. The molecule has 98 valence electrons. The zero-order valence-corrected chi connectivity index (χ0v) is 10.5. The van der Waals surface area contributed by atoms with E-state index >= 15 is 0 Å². The molecule has 2 rings (SSSR count). The van der Waals surface area contributed by atoms with Crippen LogP contribution in [0.5, 0.6) is 0 Å². The van der Waals surface area contributed by atoms with Gasteiger partial charge >= 0.3 is 0 Å². The number of aliphatic hydroxyl groups is 1. The van der Waals surface area contributed by atoms with E-state index in [0.29, 0.717) is 29.2 Å². The topological polar surface area (TPSA) is 97.0 Å². The van der Waals surface area contributed by atoms with Crippen LogP contribution in [-0.4, -0.2) is 11.7 Å². The van der Waals surface area contributed by atoms with Crippen LogP contribution < -0.4 is 11.5 Å². The molecule has 0 aliphatic rings. The van der Waals surface area contributed by atoms with Gasteiger partial charge in [0, 0.05) is 12.3 Å². The molecule has 5 N–H and O–H groups in total. The highest BCUT2D eigenvalue weighted by atomic mass is 16.2. The molecule has 0 radical (unpaired) electrons. The van der Waals surface area contributed by atoms with Crippen LogP contribution >= 0.6 is 0 Å². The van der Waals surface area contributed by atoms with Gasteiger partial charge in [0.2, 0.25) is 0 Å². The Balaban J connectivity index is 2.16. The number of aliphatic hydroxyl groups excluding tert-OH is 1. The number of nitrogen functional groups attached to an aromatic ring is 2. The molecule has 5 nitrogen and oxygen atoms in total. The fourth-order valence-corrected chi connectivity index (χ4v) is 1.63. The summed E-state index contributed by atoms with van der Waals surface area (Å²) in [7, 11) is 0. The second kappa shape index (κ2) is 5.97. The minimum absolute atomic E-state index is 0.103. The molecule has 0 aromatic heterocycles. The van der Waals surface area contributed by atoms with Gasteiger partial charge in [-0.15, -0.1) is 5.11 Å². The van der Waals surface area contributed by atoms with E-state index in [4.69, 9.17) is 16.6 Å². The maximum Gasteiger partial charge on any atom is 0.109 e. The molecular formula is C14H16N4O. The lowest BCUT2D eigenvalue weighted by molar-refractivity contribution is 0.299. The predicted octanol–water partition coefficient (Wildman–Crippen LogP) is 2.80. The Kier molecular flexibility index (Phi) is 4.10. The zero-order chi connectivity index (χ0) is 13.7. The van der Waals surface area contributed by atoms with Crippen molar-refractivity contribution in [2.45, 2.75) is 6.42 Å². The van der Waals surface area contributed by atoms with Crippen molar-refractivity contribution in [2.75, 3.05) is 18.1 Å². The van der Waals surface area contributed by atoms with Crippen LogP contribution in [0, 0.1) is 0 Å². The largest absolute Gasteiger partial charge is 0.399 e. The van der Waals surface area contributed by atoms with Gasteiger partial charge in [-0.3, -0.25) is 0 Å². The smallest absolute Gasteiger partial charge is 0.109 e. The van der Waals surface area contributed by atoms with Gasteiger partial charge in [-0.25, -0.2) is 0 Å². The molecule has 0 unspecified atom stereocenters. The molecule has 0 bridgehead atoms. The SMILES string of the molecule is Nc1ccc(N=Nc2ccc(CCO)cc2N)cc1. The van der Waals surface area contributed by atoms with E-state index in [2.05, 4.69) is 10.2 Å². The van der Waals surface area contributed by atoms with Crippen molar-refractivity contribution >= 4 is 22.7 Å². The third-order valence-corrected chi connectivity index (χ3v) is 2.66. The van der Waals surface area contributed by atoms with Crippen molar-refractivity contribution in [3.63, 3.8) is 0 Å². The lowest BCUT2D eigenvalue weighted by Crippen LogP contribution is -1.93. The quantitative estimate of drug-likeness (QED) is 0.579. The standard InChI is InChI=1S/C14H16N4O/c15-11-2-4-12(5-3-11)17-18-14-6-1-10(7-8-19)9-13(14)16/h1-6,9,19H,7-8,15-16H2. The van der Waals surface area contributed by atoms with Crippen molar-refractivity contribution in [1.29, 1.82) is 0 Å². The van der Waals surface area contributed by atoms with Gasteiger partial charge in [0.25, 0.3) is 0 Å². The molecule has 5 heteroatoms. The first-order chi connectivity index (χ1) is 9.19. The second-order valence-electron chi connectivity index (χ2n) is 4.16. The van der Waals surface area contributed by atoms with Crippen molar-refractivity contribution < 1.29 is 5.11 Å². The van der Waals surface area contributed by atoms with E-state index in [0.717, 1.165) is 5.56 Å². The van der Waals surface area contributed by atoms with Crippen LogP contribution in [0.25, 0.3) is 0 Å². The molecule has 2 aromatic carbocycles. The van der Waals surface area contributed by atoms with Gasteiger partial charge in [-0.05, 0) is 48.4 Å². The molecule has 0 atom stereocenters. The number of anilines is 2. The van der Waals surface area contributed by atoms with Crippen LogP contribution in [-0.2, 0) is 6.42 Å². The monoisotopic (exact) mass is 256 g/mol. The number of hydrogen-bond donors (Lipinski definition) is 3. The number of hydrogen-bond acceptors (Lipinski definition) is 5. The highest BCUT2D eigenvalue weighted by Crippen LogP contribution is 2.26. The van der Waals surface area contributed by atoms with Crippen molar-refractivity contribution in [2.24, 2.45) is 10.2 Å². The number of benzene rings is 2. The average Bonchev–Trinajstić information content (AvgIpc) is 2.40. The minimum Gasteiger partial charge on any atom is -0.399 e. The summed E-state index contributed by atoms with van der Waals surface area (Å²) < 4.78 is 0. The summed E-state index contributed by atoms with van der Waals surface area (Å²) in [6.45, 7) is 0.103. The molecule has 0 aliphatic heterocycles. The molecule has 0 aliphatic carbocycles. The van der Waals surface area contributed by atoms with Crippen LogP contribution in [0.2, 0.25) is 0 Å². The van der Waals surface area contributed by atoms with Gasteiger partial charge in [0.1, 0.15) is 5.69 Å². The summed E-state index contributed by atoms with van der Waals surface area (Å²) >= 11 is 0. The van der Waals surface area contributed by atoms with Crippen LogP contribution in [0.4, 0.5) is 22.7 Å². The van der Waals surface area contributed by atoms with E-state index in [1.165, 1.54) is 0 Å². The van der Waals surface area contributed by atoms with Crippen LogP contribution in [0.15, 0.2) is 52.7 Å². The molecule has 0 spiro atoms. The Morgan fingerprint density at radius 1 is 0.947 bits per heavy atom. The summed E-state index contributed by atoms with van der Waals surface area (Å²) in [5.41, 5.74) is 15.0. The Morgan fingerprint density at radius 3 is 2.32 bits per heavy atom. The maximum atomic E-state index is 8.86. The second-order valence-corrected chi connectivity index (χ2v) is 4.16. The van der Waals surface area contributed by atoms with Gasteiger partial charge in [-0.1, -0.05) is 6.07 Å². The summed E-state index contributed by atoms with van der Waals surface area (Å²) in [6.07, 6.45) is 0.583. The number of rotatable bonds is 4. The first-order valence-corrected chi connectivity index (χ1v) is 5.95. The number of nitrogens with zero attached hydrogens (tertiary/aromatic N) is 2. The Hall–Kier alpha value is -2.40. The minimum atomic E-state index is 0.103. The van der Waals surface area contributed by atoms with Crippen molar-refractivity contribution in [3.05, 3.63) is 48.0 Å². The third-order valence-electron chi connectivity index (χ3n) is 2.66. The molecule has 0 fully saturated rings. The Bertz CT molecular complexity index is 578. The Labute approximate surface area is 111 Å². The maximum absolute atomic E-state index is 8.86. The highest BCUT2D eigenvalue weighted by molar-refractivity contribution is 5.63.